The van der Waals surface area contributed by atoms with Gasteiger partial charge in [-0.25, -0.2) is 4.98 Å². The van der Waals surface area contributed by atoms with Crippen LogP contribution in [-0.4, -0.2) is 56.2 Å². The summed E-state index contributed by atoms with van der Waals surface area (Å²) < 4.78 is 7.54. The number of rotatable bonds is 6. The molecule has 0 radical (unpaired) electrons. The second-order valence-corrected chi connectivity index (χ2v) is 6.65. The van der Waals surface area contributed by atoms with Crippen molar-refractivity contribution in [2.24, 2.45) is 7.05 Å². The number of aromatic nitrogens is 5. The largest absolute Gasteiger partial charge is 0.380 e. The highest BCUT2D eigenvalue weighted by Gasteiger charge is 2.36. The number of nitrogens with one attached hydrogen (secondary N) is 1. The number of aromatic amines is 1. The fourth-order valence-electron chi connectivity index (χ4n) is 3.43. The molecule has 0 unspecified atom stereocenters. The Morgan fingerprint density at radius 3 is 2.96 bits per heavy atom. The molecule has 2 aromatic heterocycles. The number of likely N-dealkylation sites (tertiary alicyclic amines) is 1. The number of aryl methyl sites for hydroxylation is 1. The Kier molecular flexibility index (Phi) is 3.90. The third-order valence-corrected chi connectivity index (χ3v) is 5.05. The molecule has 1 N–H and O–H groups in total. The minimum atomic E-state index is 0.265. The van der Waals surface area contributed by atoms with Crippen LogP contribution in [0.4, 0.5) is 0 Å². The van der Waals surface area contributed by atoms with Crippen molar-refractivity contribution in [3.8, 4) is 0 Å². The van der Waals surface area contributed by atoms with Crippen LogP contribution in [0.25, 0.3) is 0 Å². The average Bonchev–Trinajstić information content (AvgIpc) is 2.98. The highest BCUT2D eigenvalue weighted by Crippen LogP contribution is 2.39. The van der Waals surface area contributed by atoms with Gasteiger partial charge in [-0.3, -0.25) is 14.7 Å². The van der Waals surface area contributed by atoms with Crippen LogP contribution in [0.2, 0.25) is 0 Å². The summed E-state index contributed by atoms with van der Waals surface area (Å²) in [4.78, 5) is 7.21. The standard InChI is InChI=1S/C16H24N6O/c1-21-12(5-7-17-21)6-8-22-10-13(23-2)9-14(22)16-18-15(19-20-16)11-3-4-11/h5,7,11,13-14H,3-4,6,8-10H2,1-2H3,(H,18,19,20)/t13-,14+/m1/s1. The van der Waals surface area contributed by atoms with E-state index < -0.39 is 0 Å². The fourth-order valence-corrected chi connectivity index (χ4v) is 3.43. The fraction of sp³-hybridized carbons (Fsp3) is 0.688. The predicted molar refractivity (Wildman–Crippen MR) is 85.0 cm³/mol. The summed E-state index contributed by atoms with van der Waals surface area (Å²) in [5, 5.41) is 11.8. The minimum Gasteiger partial charge on any atom is -0.380 e. The van der Waals surface area contributed by atoms with Gasteiger partial charge in [-0.05, 0) is 25.3 Å². The van der Waals surface area contributed by atoms with E-state index in [0.717, 1.165) is 37.6 Å². The molecule has 2 atom stereocenters. The van der Waals surface area contributed by atoms with Gasteiger partial charge in [0.1, 0.15) is 5.82 Å². The van der Waals surface area contributed by atoms with Crippen molar-refractivity contribution in [3.63, 3.8) is 0 Å². The van der Waals surface area contributed by atoms with Gasteiger partial charge in [0, 0.05) is 51.5 Å². The molecular weight excluding hydrogens is 292 g/mol. The molecule has 0 aromatic carbocycles. The van der Waals surface area contributed by atoms with Crippen LogP contribution in [0.5, 0.6) is 0 Å². The maximum absolute atomic E-state index is 5.60. The molecule has 0 amide bonds. The summed E-state index contributed by atoms with van der Waals surface area (Å²) in [6.07, 6.45) is 6.53. The molecule has 1 saturated heterocycles. The molecule has 23 heavy (non-hydrogen) atoms. The molecule has 1 aliphatic carbocycles. The molecule has 124 valence electrons. The molecule has 7 nitrogen and oxygen atoms in total. The zero-order valence-corrected chi connectivity index (χ0v) is 13.8. The number of hydrogen-bond acceptors (Lipinski definition) is 5. The predicted octanol–water partition coefficient (Wildman–Crippen LogP) is 1.42. The van der Waals surface area contributed by atoms with Gasteiger partial charge in [-0.1, -0.05) is 0 Å². The molecule has 1 saturated carbocycles. The van der Waals surface area contributed by atoms with E-state index in [1.54, 1.807) is 7.11 Å². The Balaban J connectivity index is 1.47. The summed E-state index contributed by atoms with van der Waals surface area (Å²) in [6.45, 7) is 1.92. The smallest absolute Gasteiger partial charge is 0.153 e. The molecule has 4 rings (SSSR count). The maximum atomic E-state index is 5.60. The Hall–Kier alpha value is -1.73. The van der Waals surface area contributed by atoms with Gasteiger partial charge >= 0.3 is 0 Å². The number of nitrogens with zero attached hydrogens (tertiary/aromatic N) is 5. The average molecular weight is 316 g/mol. The van der Waals surface area contributed by atoms with Crippen LogP contribution in [0.1, 0.15) is 48.6 Å². The number of methoxy groups -OCH3 is 1. The van der Waals surface area contributed by atoms with Gasteiger partial charge in [0.2, 0.25) is 0 Å². The maximum Gasteiger partial charge on any atom is 0.153 e. The van der Waals surface area contributed by atoms with E-state index >= 15 is 0 Å². The molecular formula is C16H24N6O. The van der Waals surface area contributed by atoms with Gasteiger partial charge in [-0.2, -0.15) is 10.2 Å². The zero-order valence-electron chi connectivity index (χ0n) is 13.8. The highest BCUT2D eigenvalue weighted by molar-refractivity contribution is 5.09. The Bertz CT molecular complexity index is 661. The summed E-state index contributed by atoms with van der Waals surface area (Å²) in [7, 11) is 3.79. The SMILES string of the molecule is CO[C@@H]1C[C@@H](c2nc(C3CC3)n[nH]2)N(CCc2ccnn2C)C1. The lowest BCUT2D eigenvalue weighted by molar-refractivity contribution is 0.108. The lowest BCUT2D eigenvalue weighted by Gasteiger charge is -2.22. The number of H-pyrrole nitrogens is 1. The van der Waals surface area contributed by atoms with Crippen LogP contribution in [0.3, 0.4) is 0 Å². The van der Waals surface area contributed by atoms with Crippen molar-refractivity contribution >= 4 is 0 Å². The van der Waals surface area contributed by atoms with Crippen molar-refractivity contribution in [1.82, 2.24) is 29.9 Å². The van der Waals surface area contributed by atoms with E-state index in [0.29, 0.717) is 5.92 Å². The highest BCUT2D eigenvalue weighted by atomic mass is 16.5. The minimum absolute atomic E-state index is 0.265. The van der Waals surface area contributed by atoms with Crippen LogP contribution in [0, 0.1) is 0 Å². The molecule has 2 aliphatic rings. The number of hydrogen-bond donors (Lipinski definition) is 1. The van der Waals surface area contributed by atoms with E-state index in [1.807, 2.05) is 17.9 Å². The molecule has 1 aliphatic heterocycles. The summed E-state index contributed by atoms with van der Waals surface area (Å²) in [6, 6.07) is 2.35. The first-order valence-electron chi connectivity index (χ1n) is 8.40. The monoisotopic (exact) mass is 316 g/mol. The lowest BCUT2D eigenvalue weighted by Crippen LogP contribution is -2.28. The quantitative estimate of drug-likeness (QED) is 0.872. The Morgan fingerprint density at radius 1 is 1.39 bits per heavy atom. The van der Waals surface area contributed by atoms with Gasteiger partial charge in [-0.15, -0.1) is 0 Å². The van der Waals surface area contributed by atoms with Crippen molar-refractivity contribution in [2.75, 3.05) is 20.2 Å². The normalized spacial score (nSPS) is 25.3. The zero-order chi connectivity index (χ0) is 15.8. The molecule has 3 heterocycles. The van der Waals surface area contributed by atoms with Gasteiger partial charge < -0.3 is 4.74 Å². The van der Waals surface area contributed by atoms with Gasteiger partial charge in [0.15, 0.2) is 5.82 Å². The number of ether oxygens (including phenoxy) is 1. The molecule has 2 fully saturated rings. The van der Waals surface area contributed by atoms with Crippen LogP contribution >= 0.6 is 0 Å². The summed E-state index contributed by atoms with van der Waals surface area (Å²) >= 11 is 0. The summed E-state index contributed by atoms with van der Waals surface area (Å²) in [5.74, 6) is 2.58. The Labute approximate surface area is 136 Å². The summed E-state index contributed by atoms with van der Waals surface area (Å²) in [5.41, 5.74) is 1.25. The second-order valence-electron chi connectivity index (χ2n) is 6.65. The van der Waals surface area contributed by atoms with Crippen molar-refractivity contribution in [1.29, 1.82) is 0 Å². The van der Waals surface area contributed by atoms with Crippen molar-refractivity contribution in [2.45, 2.75) is 43.7 Å². The van der Waals surface area contributed by atoms with E-state index in [4.69, 9.17) is 9.72 Å². The van der Waals surface area contributed by atoms with Gasteiger partial charge in [0.25, 0.3) is 0 Å². The van der Waals surface area contributed by atoms with Crippen LogP contribution in [-0.2, 0) is 18.2 Å². The molecule has 0 bridgehead atoms. The van der Waals surface area contributed by atoms with Crippen molar-refractivity contribution < 1.29 is 4.74 Å². The Morgan fingerprint density at radius 2 is 2.26 bits per heavy atom. The van der Waals surface area contributed by atoms with E-state index in [2.05, 4.69) is 26.3 Å². The second kappa shape index (κ2) is 6.05. The first-order chi connectivity index (χ1) is 11.2. The van der Waals surface area contributed by atoms with Crippen LogP contribution < -0.4 is 0 Å². The molecule has 0 spiro atoms. The van der Waals surface area contributed by atoms with Crippen molar-refractivity contribution in [3.05, 3.63) is 29.6 Å². The third kappa shape index (κ3) is 3.03. The van der Waals surface area contributed by atoms with E-state index in [1.165, 1.54) is 18.5 Å². The molecule has 2 aromatic rings. The van der Waals surface area contributed by atoms with Crippen LogP contribution in [0.15, 0.2) is 12.3 Å². The van der Waals surface area contributed by atoms with E-state index in [9.17, 15) is 0 Å². The van der Waals surface area contributed by atoms with E-state index in [-0.39, 0.29) is 12.1 Å². The first kappa shape index (κ1) is 14.8. The van der Waals surface area contributed by atoms with Gasteiger partial charge in [0.05, 0.1) is 12.1 Å². The molecule has 7 heteroatoms. The first-order valence-corrected chi connectivity index (χ1v) is 8.40. The lowest BCUT2D eigenvalue weighted by atomic mass is 10.2. The topological polar surface area (TPSA) is 71.9 Å². The third-order valence-electron chi connectivity index (χ3n) is 5.05.